The van der Waals surface area contributed by atoms with Crippen molar-refractivity contribution in [3.05, 3.63) is 48.8 Å². The van der Waals surface area contributed by atoms with Gasteiger partial charge in [-0.1, -0.05) is 12.1 Å². The Kier molecular flexibility index (Phi) is 2.64. The molecule has 0 aliphatic heterocycles. The highest BCUT2D eigenvalue weighted by Crippen LogP contribution is 2.24. The van der Waals surface area contributed by atoms with Crippen LogP contribution in [0.15, 0.2) is 53.7 Å². The Hall–Kier alpha value is -2.14. The fraction of sp³-hybridized carbons (Fsp3) is 0.0714. The number of nitrogens with one attached hydrogen (secondary N) is 1. The summed E-state index contributed by atoms with van der Waals surface area (Å²) in [7, 11) is -3.15. The van der Waals surface area contributed by atoms with E-state index in [1.54, 1.807) is 36.7 Å². The first-order chi connectivity index (χ1) is 9.04. The van der Waals surface area contributed by atoms with Crippen molar-refractivity contribution in [1.82, 2.24) is 9.97 Å². The summed E-state index contributed by atoms with van der Waals surface area (Å²) < 4.78 is 22.8. The van der Waals surface area contributed by atoms with Crippen LogP contribution in [0.25, 0.3) is 22.2 Å². The number of nitrogens with zero attached hydrogens (tertiary/aromatic N) is 1. The van der Waals surface area contributed by atoms with Crippen LogP contribution in [0.5, 0.6) is 0 Å². The summed E-state index contributed by atoms with van der Waals surface area (Å²) >= 11 is 0. The lowest BCUT2D eigenvalue weighted by Crippen LogP contribution is -1.96. The Labute approximate surface area is 111 Å². The first kappa shape index (κ1) is 11.9. The molecular formula is C14H12N2O2S. The monoisotopic (exact) mass is 272 g/mol. The molecule has 0 aliphatic rings. The first-order valence-corrected chi connectivity index (χ1v) is 7.66. The fourth-order valence-corrected chi connectivity index (χ4v) is 2.64. The van der Waals surface area contributed by atoms with E-state index in [0.717, 1.165) is 22.2 Å². The number of fused-ring (bicyclic) bond motifs is 1. The molecule has 1 aromatic carbocycles. The summed E-state index contributed by atoms with van der Waals surface area (Å²) in [5.41, 5.74) is 2.91. The van der Waals surface area contributed by atoms with Gasteiger partial charge in [-0.15, -0.1) is 0 Å². The molecule has 0 fully saturated rings. The van der Waals surface area contributed by atoms with Crippen LogP contribution < -0.4 is 0 Å². The molecule has 5 heteroatoms. The van der Waals surface area contributed by atoms with Gasteiger partial charge in [0.2, 0.25) is 0 Å². The molecule has 0 saturated heterocycles. The highest BCUT2D eigenvalue weighted by molar-refractivity contribution is 7.90. The number of benzene rings is 1. The summed E-state index contributed by atoms with van der Waals surface area (Å²) in [6.45, 7) is 0. The number of sulfone groups is 1. The minimum atomic E-state index is -3.15. The molecule has 4 nitrogen and oxygen atoms in total. The predicted molar refractivity (Wildman–Crippen MR) is 74.6 cm³/mol. The highest BCUT2D eigenvalue weighted by atomic mass is 32.2. The van der Waals surface area contributed by atoms with Gasteiger partial charge in [0.1, 0.15) is 0 Å². The van der Waals surface area contributed by atoms with Gasteiger partial charge in [0, 0.05) is 35.2 Å². The van der Waals surface area contributed by atoms with E-state index in [1.807, 2.05) is 12.1 Å². The van der Waals surface area contributed by atoms with Crippen LogP contribution in [-0.2, 0) is 9.84 Å². The van der Waals surface area contributed by atoms with Crippen molar-refractivity contribution in [1.29, 1.82) is 0 Å². The summed E-state index contributed by atoms with van der Waals surface area (Å²) in [4.78, 5) is 7.68. The second-order valence-corrected chi connectivity index (χ2v) is 6.46. The minimum Gasteiger partial charge on any atom is -0.354 e. The van der Waals surface area contributed by atoms with Crippen molar-refractivity contribution in [2.75, 3.05) is 6.26 Å². The minimum absolute atomic E-state index is 0.328. The van der Waals surface area contributed by atoms with Gasteiger partial charge in [-0.05, 0) is 29.8 Å². The van der Waals surface area contributed by atoms with Gasteiger partial charge in [0.15, 0.2) is 9.84 Å². The number of aromatic nitrogens is 2. The maximum Gasteiger partial charge on any atom is 0.175 e. The van der Waals surface area contributed by atoms with Gasteiger partial charge in [-0.2, -0.15) is 0 Å². The first-order valence-electron chi connectivity index (χ1n) is 5.77. The van der Waals surface area contributed by atoms with Crippen LogP contribution in [0, 0.1) is 0 Å². The van der Waals surface area contributed by atoms with E-state index in [4.69, 9.17) is 0 Å². The lowest BCUT2D eigenvalue weighted by atomic mass is 10.1. The normalized spacial score (nSPS) is 11.8. The summed E-state index contributed by atoms with van der Waals surface area (Å²) in [5, 5.41) is 1.03. The lowest BCUT2D eigenvalue weighted by Gasteiger charge is -2.00. The number of pyridine rings is 1. The van der Waals surface area contributed by atoms with Gasteiger partial charge >= 0.3 is 0 Å². The third-order valence-corrected chi connectivity index (χ3v) is 4.14. The molecule has 3 aromatic rings. The Bertz CT molecular complexity index is 800. The van der Waals surface area contributed by atoms with Crippen LogP contribution in [-0.4, -0.2) is 24.6 Å². The van der Waals surface area contributed by atoms with Crippen molar-refractivity contribution >= 4 is 20.7 Å². The molecule has 0 radical (unpaired) electrons. The molecule has 0 bridgehead atoms. The van der Waals surface area contributed by atoms with E-state index in [1.165, 1.54) is 6.26 Å². The predicted octanol–water partition coefficient (Wildman–Crippen LogP) is 2.63. The van der Waals surface area contributed by atoms with E-state index < -0.39 is 9.84 Å². The third-order valence-electron chi connectivity index (χ3n) is 3.01. The van der Waals surface area contributed by atoms with Crippen molar-refractivity contribution in [3.63, 3.8) is 0 Å². The third kappa shape index (κ3) is 2.24. The molecule has 0 unspecified atom stereocenters. The maximum atomic E-state index is 11.4. The van der Waals surface area contributed by atoms with Crippen LogP contribution in [0.4, 0.5) is 0 Å². The topological polar surface area (TPSA) is 62.8 Å². The Morgan fingerprint density at radius 3 is 2.47 bits per heavy atom. The molecule has 2 aromatic heterocycles. The summed E-state index contributed by atoms with van der Waals surface area (Å²) in [6.07, 6.45) is 4.73. The van der Waals surface area contributed by atoms with Gasteiger partial charge in [0.25, 0.3) is 0 Å². The average molecular weight is 272 g/mol. The van der Waals surface area contributed by atoms with Gasteiger partial charge in [-0.25, -0.2) is 8.42 Å². The van der Waals surface area contributed by atoms with E-state index in [9.17, 15) is 8.42 Å². The second-order valence-electron chi connectivity index (χ2n) is 4.44. The van der Waals surface area contributed by atoms with Crippen LogP contribution in [0.2, 0.25) is 0 Å². The van der Waals surface area contributed by atoms with Crippen LogP contribution in [0.3, 0.4) is 0 Å². The SMILES string of the molecule is CS(=O)(=O)c1ccc(-c2cc3cnccc3[nH]2)cc1. The summed E-state index contributed by atoms with van der Waals surface area (Å²) in [6, 6.07) is 10.7. The Balaban J connectivity index is 2.07. The zero-order valence-electron chi connectivity index (χ0n) is 10.3. The fourth-order valence-electron chi connectivity index (χ4n) is 2.01. The maximum absolute atomic E-state index is 11.4. The Morgan fingerprint density at radius 2 is 1.84 bits per heavy atom. The molecular weight excluding hydrogens is 260 g/mol. The number of rotatable bonds is 2. The standard InChI is InChI=1S/C14H12N2O2S/c1-19(17,18)12-4-2-10(3-5-12)14-8-11-9-15-7-6-13(11)16-14/h2-9,16H,1H3. The van der Waals surface area contributed by atoms with E-state index in [-0.39, 0.29) is 0 Å². The van der Waals surface area contributed by atoms with E-state index in [2.05, 4.69) is 9.97 Å². The molecule has 1 N–H and O–H groups in total. The number of H-pyrrole nitrogens is 1. The van der Waals surface area contributed by atoms with Crippen molar-refractivity contribution in [2.24, 2.45) is 0 Å². The second kappa shape index (κ2) is 4.20. The smallest absolute Gasteiger partial charge is 0.175 e. The average Bonchev–Trinajstić information content (AvgIpc) is 2.81. The molecule has 19 heavy (non-hydrogen) atoms. The largest absolute Gasteiger partial charge is 0.354 e. The number of hydrogen-bond donors (Lipinski definition) is 1. The molecule has 0 atom stereocenters. The Morgan fingerprint density at radius 1 is 1.11 bits per heavy atom. The quantitative estimate of drug-likeness (QED) is 0.780. The van der Waals surface area contributed by atoms with Gasteiger partial charge < -0.3 is 4.98 Å². The number of aromatic amines is 1. The molecule has 96 valence electrons. The molecule has 0 aliphatic carbocycles. The number of hydrogen-bond acceptors (Lipinski definition) is 3. The zero-order chi connectivity index (χ0) is 13.5. The highest BCUT2D eigenvalue weighted by Gasteiger charge is 2.08. The van der Waals surface area contributed by atoms with Crippen LogP contribution >= 0.6 is 0 Å². The van der Waals surface area contributed by atoms with Gasteiger partial charge in [0.05, 0.1) is 4.90 Å². The van der Waals surface area contributed by atoms with E-state index in [0.29, 0.717) is 4.90 Å². The van der Waals surface area contributed by atoms with Crippen molar-refractivity contribution in [2.45, 2.75) is 4.90 Å². The molecule has 0 amide bonds. The van der Waals surface area contributed by atoms with Crippen molar-refractivity contribution in [3.8, 4) is 11.3 Å². The van der Waals surface area contributed by atoms with Crippen LogP contribution in [0.1, 0.15) is 0 Å². The van der Waals surface area contributed by atoms with Gasteiger partial charge in [-0.3, -0.25) is 4.98 Å². The molecule has 3 rings (SSSR count). The van der Waals surface area contributed by atoms with E-state index >= 15 is 0 Å². The zero-order valence-corrected chi connectivity index (χ0v) is 11.1. The molecule has 0 spiro atoms. The van der Waals surface area contributed by atoms with Crippen molar-refractivity contribution < 1.29 is 8.42 Å². The molecule has 0 saturated carbocycles. The molecule has 2 heterocycles. The summed E-state index contributed by atoms with van der Waals surface area (Å²) in [5.74, 6) is 0. The lowest BCUT2D eigenvalue weighted by molar-refractivity contribution is 0.602.